The van der Waals surface area contributed by atoms with E-state index in [1.807, 2.05) is 0 Å². The molecule has 1 aliphatic rings. The Morgan fingerprint density at radius 3 is 2.55 bits per heavy atom. The van der Waals surface area contributed by atoms with E-state index < -0.39 is 37.2 Å². The number of amides is 1. The molecule has 0 unspecified atom stereocenters. The molecule has 10 heteroatoms. The molecule has 1 aliphatic carbocycles. The number of ether oxygens (including phenoxy) is 3. The summed E-state index contributed by atoms with van der Waals surface area (Å²) in [5.74, 6) is -1.09. The number of nitrogens with zero attached hydrogens (tertiary/aromatic N) is 2. The van der Waals surface area contributed by atoms with E-state index in [0.717, 1.165) is 17.7 Å². The Morgan fingerprint density at radius 1 is 1.18 bits per heavy atom. The zero-order valence-electron chi connectivity index (χ0n) is 18.3. The maximum Gasteiger partial charge on any atom is 0.406 e. The molecular formula is C23H25F3N2O5. The first-order chi connectivity index (χ1) is 15.7. The average Bonchev–Trinajstić information content (AvgIpc) is 3.64. The van der Waals surface area contributed by atoms with Gasteiger partial charge in [-0.15, -0.1) is 0 Å². The largest absolute Gasteiger partial charge is 0.493 e. The molecule has 0 spiro atoms. The summed E-state index contributed by atoms with van der Waals surface area (Å²) in [6, 6.07) is 9.06. The molecule has 0 saturated heterocycles. The third kappa shape index (κ3) is 7.10. The topological polar surface area (TPSA) is 78.0 Å². The first-order valence-corrected chi connectivity index (χ1v) is 10.4. The number of rotatable bonds is 10. The highest BCUT2D eigenvalue weighted by Crippen LogP contribution is 2.36. The first kappa shape index (κ1) is 24.3. The van der Waals surface area contributed by atoms with Crippen LogP contribution in [0.25, 0.3) is 0 Å². The molecular weight excluding hydrogens is 441 g/mol. The number of carbonyl (C=O) groups excluding carboxylic acids is 2. The second-order valence-electron chi connectivity index (χ2n) is 7.77. The van der Waals surface area contributed by atoms with Crippen LogP contribution in [0.3, 0.4) is 0 Å². The molecule has 0 N–H and O–H groups in total. The van der Waals surface area contributed by atoms with E-state index in [2.05, 4.69) is 4.98 Å². The van der Waals surface area contributed by atoms with Crippen molar-refractivity contribution in [1.82, 2.24) is 9.88 Å². The smallest absolute Gasteiger partial charge is 0.406 e. The fraction of sp³-hybridized carbons (Fsp3) is 0.435. The minimum atomic E-state index is -4.54. The lowest BCUT2D eigenvalue weighted by molar-refractivity contribution is -0.167. The van der Waals surface area contributed by atoms with Gasteiger partial charge in [0.25, 0.3) is 5.91 Å². The van der Waals surface area contributed by atoms with Crippen molar-refractivity contribution in [3.05, 3.63) is 53.9 Å². The van der Waals surface area contributed by atoms with E-state index in [-0.39, 0.29) is 23.8 Å². The number of pyridine rings is 1. The van der Waals surface area contributed by atoms with Gasteiger partial charge in [-0.05, 0) is 56.0 Å². The minimum Gasteiger partial charge on any atom is -0.493 e. The van der Waals surface area contributed by atoms with Crippen LogP contribution >= 0.6 is 0 Å². The van der Waals surface area contributed by atoms with Gasteiger partial charge < -0.3 is 19.1 Å². The molecule has 1 saturated carbocycles. The van der Waals surface area contributed by atoms with Crippen LogP contribution < -0.4 is 9.47 Å². The number of hydrogen-bond acceptors (Lipinski definition) is 6. The molecule has 178 valence electrons. The minimum absolute atomic E-state index is 0.0346. The van der Waals surface area contributed by atoms with Crippen molar-refractivity contribution < 1.29 is 37.0 Å². The number of alkyl halides is 3. The molecule has 1 aromatic carbocycles. The molecule has 33 heavy (non-hydrogen) atoms. The quantitative estimate of drug-likeness (QED) is 0.493. The SMILES string of the molecule is COc1ccc(C(=O)OCC(=O)N(CC(F)(F)F)[C@H](C)C2CC2)cc1OCc1ccccn1. The molecule has 1 heterocycles. The molecule has 1 aromatic heterocycles. The Kier molecular flexibility index (Phi) is 7.78. The Hall–Kier alpha value is -3.30. The summed E-state index contributed by atoms with van der Waals surface area (Å²) in [5.41, 5.74) is 0.727. The number of benzene rings is 1. The highest BCUT2D eigenvalue weighted by molar-refractivity contribution is 5.92. The van der Waals surface area contributed by atoms with Crippen LogP contribution in [0.15, 0.2) is 42.6 Å². The Morgan fingerprint density at radius 2 is 1.94 bits per heavy atom. The molecule has 1 fully saturated rings. The molecule has 3 rings (SSSR count). The summed E-state index contributed by atoms with van der Waals surface area (Å²) in [6.07, 6.45) is -1.38. The highest BCUT2D eigenvalue weighted by Gasteiger charge is 2.40. The Balaban J connectivity index is 1.64. The van der Waals surface area contributed by atoms with Crippen LogP contribution in [0.4, 0.5) is 13.2 Å². The third-order valence-corrected chi connectivity index (χ3v) is 5.29. The van der Waals surface area contributed by atoms with E-state index in [9.17, 15) is 22.8 Å². The monoisotopic (exact) mass is 466 g/mol. The lowest BCUT2D eigenvalue weighted by atomic mass is 10.1. The van der Waals surface area contributed by atoms with Gasteiger partial charge in [0.05, 0.1) is 18.4 Å². The fourth-order valence-electron chi connectivity index (χ4n) is 3.33. The van der Waals surface area contributed by atoms with Crippen LogP contribution in [-0.2, 0) is 16.1 Å². The van der Waals surface area contributed by atoms with Gasteiger partial charge in [-0.3, -0.25) is 9.78 Å². The van der Waals surface area contributed by atoms with Gasteiger partial charge in [-0.25, -0.2) is 4.79 Å². The second kappa shape index (κ2) is 10.5. The lowest BCUT2D eigenvalue weighted by Crippen LogP contribution is -2.47. The third-order valence-electron chi connectivity index (χ3n) is 5.29. The van der Waals surface area contributed by atoms with E-state index in [0.29, 0.717) is 11.4 Å². The first-order valence-electron chi connectivity index (χ1n) is 10.4. The number of methoxy groups -OCH3 is 1. The molecule has 2 aromatic rings. The van der Waals surface area contributed by atoms with E-state index in [1.165, 1.54) is 25.3 Å². The highest BCUT2D eigenvalue weighted by atomic mass is 19.4. The van der Waals surface area contributed by atoms with E-state index in [4.69, 9.17) is 14.2 Å². The second-order valence-corrected chi connectivity index (χ2v) is 7.77. The van der Waals surface area contributed by atoms with Crippen LogP contribution in [0, 0.1) is 5.92 Å². The number of carbonyl (C=O) groups is 2. The predicted molar refractivity (Wildman–Crippen MR) is 112 cm³/mol. The summed E-state index contributed by atoms with van der Waals surface area (Å²) < 4.78 is 54.8. The molecule has 1 atom stereocenters. The van der Waals surface area contributed by atoms with E-state index >= 15 is 0 Å². The van der Waals surface area contributed by atoms with Gasteiger partial charge in [0.1, 0.15) is 13.2 Å². The van der Waals surface area contributed by atoms with Gasteiger partial charge in [-0.1, -0.05) is 6.07 Å². The zero-order chi connectivity index (χ0) is 24.0. The van der Waals surface area contributed by atoms with Gasteiger partial charge >= 0.3 is 12.1 Å². The maximum atomic E-state index is 13.0. The Labute approximate surface area is 189 Å². The van der Waals surface area contributed by atoms with Crippen molar-refractivity contribution in [3.8, 4) is 11.5 Å². The number of hydrogen-bond donors (Lipinski definition) is 0. The van der Waals surface area contributed by atoms with Crippen LogP contribution in [0.1, 0.15) is 35.8 Å². The summed E-state index contributed by atoms with van der Waals surface area (Å²) in [4.78, 5) is 29.8. The molecule has 1 amide bonds. The summed E-state index contributed by atoms with van der Waals surface area (Å²) in [6.45, 7) is -0.464. The van der Waals surface area contributed by atoms with Gasteiger partial charge in [0, 0.05) is 12.2 Å². The standard InChI is InChI=1S/C23H25F3N2O5/c1-15(16-6-7-16)28(14-23(24,25)26)21(29)13-33-22(30)17-8-9-19(31-2)20(11-17)32-12-18-5-3-4-10-27-18/h3-5,8-11,15-16H,6-7,12-14H2,1-2H3/t15-/m1/s1. The molecule has 0 bridgehead atoms. The fourth-order valence-corrected chi connectivity index (χ4v) is 3.33. The van der Waals surface area contributed by atoms with Crippen molar-refractivity contribution in [1.29, 1.82) is 0 Å². The van der Waals surface area contributed by atoms with Crippen molar-refractivity contribution in [2.24, 2.45) is 5.92 Å². The van der Waals surface area contributed by atoms with Gasteiger partial charge in [0.2, 0.25) is 0 Å². The van der Waals surface area contributed by atoms with Crippen LogP contribution in [-0.4, -0.2) is 54.2 Å². The Bertz CT molecular complexity index is 964. The van der Waals surface area contributed by atoms with Crippen LogP contribution in [0.2, 0.25) is 0 Å². The normalized spacial score (nSPS) is 14.3. The molecule has 0 aliphatic heterocycles. The number of halogens is 3. The molecule has 0 radical (unpaired) electrons. The predicted octanol–water partition coefficient (Wildman–Crippen LogP) is 4.02. The van der Waals surface area contributed by atoms with Crippen molar-refractivity contribution >= 4 is 11.9 Å². The van der Waals surface area contributed by atoms with Gasteiger partial charge in [-0.2, -0.15) is 13.2 Å². The van der Waals surface area contributed by atoms with Crippen LogP contribution in [0.5, 0.6) is 11.5 Å². The summed E-state index contributed by atoms with van der Waals surface area (Å²) in [5, 5.41) is 0. The number of esters is 1. The van der Waals surface area contributed by atoms with Crippen molar-refractivity contribution in [3.63, 3.8) is 0 Å². The average molecular weight is 466 g/mol. The van der Waals surface area contributed by atoms with E-state index in [1.54, 1.807) is 31.3 Å². The lowest BCUT2D eigenvalue weighted by Gasteiger charge is -2.30. The molecule has 7 nitrogen and oxygen atoms in total. The van der Waals surface area contributed by atoms with Crippen molar-refractivity contribution in [2.75, 3.05) is 20.3 Å². The summed E-state index contributed by atoms with van der Waals surface area (Å²) >= 11 is 0. The summed E-state index contributed by atoms with van der Waals surface area (Å²) in [7, 11) is 1.44. The van der Waals surface area contributed by atoms with Gasteiger partial charge in [0.15, 0.2) is 18.1 Å². The number of aromatic nitrogens is 1. The zero-order valence-corrected chi connectivity index (χ0v) is 18.3. The maximum absolute atomic E-state index is 13.0. The van der Waals surface area contributed by atoms with Crippen molar-refractivity contribution in [2.45, 2.75) is 38.6 Å².